The Labute approximate surface area is 125 Å². The average Bonchev–Trinajstić information content (AvgIpc) is 2.46. The van der Waals surface area contributed by atoms with Crippen molar-refractivity contribution < 1.29 is 14.3 Å². The van der Waals surface area contributed by atoms with Gasteiger partial charge >= 0.3 is 0 Å². The van der Waals surface area contributed by atoms with Crippen LogP contribution in [0.1, 0.15) is 27.2 Å². The third kappa shape index (κ3) is 4.63. The van der Waals surface area contributed by atoms with Crippen LogP contribution >= 0.6 is 11.8 Å². The Morgan fingerprint density at radius 3 is 2.45 bits per heavy atom. The van der Waals surface area contributed by atoms with Gasteiger partial charge in [0, 0.05) is 10.9 Å². The maximum Gasteiger partial charge on any atom is 0.233 e. The number of hydrogen-bond donors (Lipinski definition) is 1. The Kier molecular flexibility index (Phi) is 6.71. The van der Waals surface area contributed by atoms with E-state index in [9.17, 15) is 4.79 Å². The smallest absolute Gasteiger partial charge is 0.233 e. The summed E-state index contributed by atoms with van der Waals surface area (Å²) in [5.41, 5.74) is 0. The highest BCUT2D eigenvalue weighted by Crippen LogP contribution is 2.33. The van der Waals surface area contributed by atoms with E-state index in [0.717, 1.165) is 11.3 Å². The molecule has 0 aromatic heterocycles. The first-order valence-electron chi connectivity index (χ1n) is 6.70. The molecule has 1 aromatic carbocycles. The minimum Gasteiger partial charge on any atom is -0.493 e. The van der Waals surface area contributed by atoms with Gasteiger partial charge in [0.1, 0.15) is 0 Å². The summed E-state index contributed by atoms with van der Waals surface area (Å²) in [6.07, 6.45) is 0.930. The van der Waals surface area contributed by atoms with Crippen molar-refractivity contribution in [2.45, 2.75) is 43.4 Å². The maximum absolute atomic E-state index is 12.0. The summed E-state index contributed by atoms with van der Waals surface area (Å²) in [5.74, 6) is 1.42. The van der Waals surface area contributed by atoms with Crippen LogP contribution in [0.2, 0.25) is 0 Å². The standard InChI is InChI=1S/C15H23NO3S/c1-6-10(2)16-15(17)11(3)20-12-7-8-13(18-4)14(9-12)19-5/h7-11H,6H2,1-5H3,(H,16,17)/t10-,11+/m1/s1. The van der Waals surface area contributed by atoms with Gasteiger partial charge in [-0.15, -0.1) is 11.8 Å². The Morgan fingerprint density at radius 1 is 1.25 bits per heavy atom. The van der Waals surface area contributed by atoms with Gasteiger partial charge in [-0.2, -0.15) is 0 Å². The van der Waals surface area contributed by atoms with Gasteiger partial charge in [0.15, 0.2) is 11.5 Å². The first kappa shape index (κ1) is 16.7. The van der Waals surface area contributed by atoms with E-state index in [1.165, 1.54) is 11.8 Å². The molecule has 1 amide bonds. The van der Waals surface area contributed by atoms with E-state index in [4.69, 9.17) is 9.47 Å². The summed E-state index contributed by atoms with van der Waals surface area (Å²) in [4.78, 5) is 13.0. The second kappa shape index (κ2) is 8.04. The SMILES string of the molecule is CC[C@@H](C)NC(=O)[C@H](C)Sc1ccc(OC)c(OC)c1. The lowest BCUT2D eigenvalue weighted by Crippen LogP contribution is -2.37. The zero-order chi connectivity index (χ0) is 15.1. The summed E-state index contributed by atoms with van der Waals surface area (Å²) in [6.45, 7) is 5.96. The number of methoxy groups -OCH3 is 2. The number of carbonyl (C=O) groups excluding carboxylic acids is 1. The molecule has 0 radical (unpaired) electrons. The van der Waals surface area contributed by atoms with Gasteiger partial charge in [-0.3, -0.25) is 4.79 Å². The van der Waals surface area contributed by atoms with Crippen LogP contribution in [-0.4, -0.2) is 31.4 Å². The van der Waals surface area contributed by atoms with Crippen molar-refractivity contribution in [1.29, 1.82) is 0 Å². The maximum atomic E-state index is 12.0. The van der Waals surface area contributed by atoms with Crippen molar-refractivity contribution in [1.82, 2.24) is 5.32 Å². The van der Waals surface area contributed by atoms with Crippen molar-refractivity contribution in [3.8, 4) is 11.5 Å². The van der Waals surface area contributed by atoms with E-state index in [0.29, 0.717) is 11.5 Å². The molecular weight excluding hydrogens is 274 g/mol. The van der Waals surface area contributed by atoms with Crippen LogP contribution in [0.3, 0.4) is 0 Å². The molecule has 1 aromatic rings. The Bertz CT molecular complexity index is 451. The van der Waals surface area contributed by atoms with Gasteiger partial charge in [0.25, 0.3) is 0 Å². The number of amides is 1. The molecule has 0 aliphatic carbocycles. The molecule has 0 bridgehead atoms. The number of nitrogens with one attached hydrogen (secondary N) is 1. The molecule has 0 aliphatic rings. The summed E-state index contributed by atoms with van der Waals surface area (Å²) >= 11 is 1.51. The lowest BCUT2D eigenvalue weighted by molar-refractivity contribution is -0.120. The Hall–Kier alpha value is -1.36. The highest BCUT2D eigenvalue weighted by atomic mass is 32.2. The second-order valence-corrected chi connectivity index (χ2v) is 6.01. The summed E-state index contributed by atoms with van der Waals surface area (Å²) in [6, 6.07) is 5.87. The first-order valence-corrected chi connectivity index (χ1v) is 7.58. The molecule has 0 fully saturated rings. The molecule has 20 heavy (non-hydrogen) atoms. The quantitative estimate of drug-likeness (QED) is 0.786. The number of rotatable bonds is 7. The summed E-state index contributed by atoms with van der Waals surface area (Å²) in [7, 11) is 3.21. The molecule has 4 nitrogen and oxygen atoms in total. The monoisotopic (exact) mass is 297 g/mol. The second-order valence-electron chi connectivity index (χ2n) is 4.59. The predicted molar refractivity (Wildman–Crippen MR) is 82.8 cm³/mol. The third-order valence-corrected chi connectivity index (χ3v) is 4.13. The third-order valence-electron chi connectivity index (χ3n) is 3.04. The summed E-state index contributed by atoms with van der Waals surface area (Å²) in [5, 5.41) is 2.83. The predicted octanol–water partition coefficient (Wildman–Crippen LogP) is 3.10. The molecular formula is C15H23NO3S. The molecule has 0 unspecified atom stereocenters. The Balaban J connectivity index is 2.70. The van der Waals surface area contributed by atoms with Crippen LogP contribution in [0.25, 0.3) is 0 Å². The van der Waals surface area contributed by atoms with Gasteiger partial charge < -0.3 is 14.8 Å². The van der Waals surface area contributed by atoms with Crippen molar-refractivity contribution in [2.24, 2.45) is 0 Å². The van der Waals surface area contributed by atoms with Crippen molar-refractivity contribution >= 4 is 17.7 Å². The number of ether oxygens (including phenoxy) is 2. The van der Waals surface area contributed by atoms with Gasteiger partial charge in [0.2, 0.25) is 5.91 Å². The van der Waals surface area contributed by atoms with Crippen LogP contribution in [0.4, 0.5) is 0 Å². The molecule has 0 saturated carbocycles. The summed E-state index contributed by atoms with van der Waals surface area (Å²) < 4.78 is 10.5. The number of carbonyl (C=O) groups is 1. The van der Waals surface area contributed by atoms with Crippen LogP contribution in [-0.2, 0) is 4.79 Å². The van der Waals surface area contributed by atoms with E-state index in [2.05, 4.69) is 12.2 Å². The van der Waals surface area contributed by atoms with Gasteiger partial charge in [0.05, 0.1) is 19.5 Å². The van der Waals surface area contributed by atoms with E-state index in [-0.39, 0.29) is 17.2 Å². The molecule has 0 spiro atoms. The van der Waals surface area contributed by atoms with Crippen LogP contribution in [0, 0.1) is 0 Å². The fourth-order valence-corrected chi connectivity index (χ4v) is 2.51. The zero-order valence-electron chi connectivity index (χ0n) is 12.7. The molecule has 1 N–H and O–H groups in total. The molecule has 0 aliphatic heterocycles. The molecule has 0 saturated heterocycles. The minimum atomic E-state index is -0.151. The fraction of sp³-hybridized carbons (Fsp3) is 0.533. The lowest BCUT2D eigenvalue weighted by atomic mass is 10.2. The van der Waals surface area contributed by atoms with Gasteiger partial charge in [-0.1, -0.05) is 6.92 Å². The van der Waals surface area contributed by atoms with Gasteiger partial charge in [-0.05, 0) is 38.5 Å². The first-order chi connectivity index (χ1) is 9.51. The normalized spacial score (nSPS) is 13.4. The van der Waals surface area contributed by atoms with E-state index < -0.39 is 0 Å². The zero-order valence-corrected chi connectivity index (χ0v) is 13.5. The molecule has 5 heteroatoms. The highest BCUT2D eigenvalue weighted by molar-refractivity contribution is 8.00. The molecule has 1 rings (SSSR count). The molecule has 0 heterocycles. The number of hydrogen-bond acceptors (Lipinski definition) is 4. The molecule has 112 valence electrons. The number of benzene rings is 1. The highest BCUT2D eigenvalue weighted by Gasteiger charge is 2.16. The van der Waals surface area contributed by atoms with Crippen molar-refractivity contribution in [3.05, 3.63) is 18.2 Å². The minimum absolute atomic E-state index is 0.0548. The fourth-order valence-electron chi connectivity index (χ4n) is 1.61. The Morgan fingerprint density at radius 2 is 1.90 bits per heavy atom. The van der Waals surface area contributed by atoms with Crippen LogP contribution in [0.15, 0.2) is 23.1 Å². The number of thioether (sulfide) groups is 1. The molecule has 2 atom stereocenters. The average molecular weight is 297 g/mol. The largest absolute Gasteiger partial charge is 0.493 e. The lowest BCUT2D eigenvalue weighted by Gasteiger charge is -2.16. The van der Waals surface area contributed by atoms with Crippen molar-refractivity contribution in [2.75, 3.05) is 14.2 Å². The topological polar surface area (TPSA) is 47.6 Å². The van der Waals surface area contributed by atoms with E-state index in [1.807, 2.05) is 32.0 Å². The van der Waals surface area contributed by atoms with Crippen LogP contribution < -0.4 is 14.8 Å². The van der Waals surface area contributed by atoms with Crippen molar-refractivity contribution in [3.63, 3.8) is 0 Å². The van der Waals surface area contributed by atoms with E-state index in [1.54, 1.807) is 14.2 Å². The van der Waals surface area contributed by atoms with Crippen LogP contribution in [0.5, 0.6) is 11.5 Å². The van der Waals surface area contributed by atoms with Gasteiger partial charge in [-0.25, -0.2) is 0 Å². The van der Waals surface area contributed by atoms with E-state index >= 15 is 0 Å².